The standard InChI is InChI=1S/C29H43N5O3/c1-21(2)20-37-27(35)18-25(22-7-10-26(36-4)32-19-22)30-15-17-34(3)16-5-6-23-8-9-24-28(33-23)31-14-13-29(24)11-12-29/h7-10,19,21,25,30H,5-6,11-18,20H2,1-4H3,(H,31,33)/t25-/m0/s1. The Morgan fingerprint density at radius 3 is 2.73 bits per heavy atom. The molecule has 0 bridgehead atoms. The van der Waals surface area contributed by atoms with Crippen molar-refractivity contribution in [1.82, 2.24) is 20.2 Å². The summed E-state index contributed by atoms with van der Waals surface area (Å²) in [5, 5.41) is 7.04. The fraction of sp³-hybridized carbons (Fsp3) is 0.621. The number of nitrogens with zero attached hydrogens (tertiary/aromatic N) is 3. The molecule has 0 saturated heterocycles. The molecule has 37 heavy (non-hydrogen) atoms. The number of hydrogen-bond donors (Lipinski definition) is 2. The Morgan fingerprint density at radius 1 is 1.19 bits per heavy atom. The monoisotopic (exact) mass is 509 g/mol. The summed E-state index contributed by atoms with van der Waals surface area (Å²) in [6.07, 6.45) is 7.94. The quantitative estimate of drug-likeness (QED) is 0.368. The zero-order chi connectivity index (χ0) is 26.3. The number of hydrogen-bond acceptors (Lipinski definition) is 8. The maximum absolute atomic E-state index is 12.4. The molecule has 0 amide bonds. The van der Waals surface area contributed by atoms with Gasteiger partial charge in [0.2, 0.25) is 5.88 Å². The molecule has 8 heteroatoms. The molecular formula is C29H43N5O3. The highest BCUT2D eigenvalue weighted by molar-refractivity contribution is 5.70. The molecule has 0 aromatic carbocycles. The van der Waals surface area contributed by atoms with E-state index in [0.29, 0.717) is 23.8 Å². The summed E-state index contributed by atoms with van der Waals surface area (Å²) in [5.41, 5.74) is 3.98. The van der Waals surface area contributed by atoms with Crippen molar-refractivity contribution in [2.75, 3.05) is 52.3 Å². The number of carbonyl (C=O) groups excluding carboxylic acids is 1. The van der Waals surface area contributed by atoms with E-state index in [9.17, 15) is 4.79 Å². The molecule has 2 aliphatic rings. The molecule has 2 aromatic heterocycles. The number of carbonyl (C=O) groups is 1. The Kier molecular flexibility index (Phi) is 9.38. The molecule has 1 saturated carbocycles. The third-order valence-corrected chi connectivity index (χ3v) is 7.45. The van der Waals surface area contributed by atoms with Crippen LogP contribution in [0.2, 0.25) is 0 Å². The second kappa shape index (κ2) is 12.7. The van der Waals surface area contributed by atoms with Gasteiger partial charge in [0, 0.05) is 54.6 Å². The van der Waals surface area contributed by atoms with Gasteiger partial charge in [-0.3, -0.25) is 4.79 Å². The number of ether oxygens (including phenoxy) is 2. The van der Waals surface area contributed by atoms with Gasteiger partial charge < -0.3 is 25.0 Å². The van der Waals surface area contributed by atoms with Gasteiger partial charge in [-0.15, -0.1) is 0 Å². The van der Waals surface area contributed by atoms with Crippen LogP contribution in [0.1, 0.15) is 68.8 Å². The van der Waals surface area contributed by atoms with Gasteiger partial charge in [-0.25, -0.2) is 9.97 Å². The molecule has 0 unspecified atom stereocenters. The number of fused-ring (bicyclic) bond motifs is 2. The van der Waals surface area contributed by atoms with Crippen LogP contribution in [-0.4, -0.2) is 67.8 Å². The van der Waals surface area contributed by atoms with E-state index >= 15 is 0 Å². The van der Waals surface area contributed by atoms with Crippen molar-refractivity contribution in [2.45, 2.75) is 63.8 Å². The number of esters is 1. The second-order valence-electron chi connectivity index (χ2n) is 11.0. The van der Waals surface area contributed by atoms with Crippen molar-refractivity contribution in [3.63, 3.8) is 0 Å². The Labute approximate surface area is 221 Å². The van der Waals surface area contributed by atoms with Crippen LogP contribution < -0.4 is 15.4 Å². The van der Waals surface area contributed by atoms with E-state index in [-0.39, 0.29) is 18.4 Å². The number of likely N-dealkylation sites (N-methyl/N-ethyl adjacent to an activating group) is 1. The van der Waals surface area contributed by atoms with E-state index < -0.39 is 0 Å². The van der Waals surface area contributed by atoms with Gasteiger partial charge in [-0.2, -0.15) is 0 Å². The van der Waals surface area contributed by atoms with Gasteiger partial charge in [0.1, 0.15) is 5.82 Å². The van der Waals surface area contributed by atoms with Crippen molar-refractivity contribution in [3.8, 4) is 5.88 Å². The molecule has 1 aliphatic heterocycles. The fourth-order valence-corrected chi connectivity index (χ4v) is 5.01. The molecule has 3 heterocycles. The average molecular weight is 510 g/mol. The number of rotatable bonds is 14. The highest BCUT2D eigenvalue weighted by Gasteiger charge is 2.47. The zero-order valence-corrected chi connectivity index (χ0v) is 22.9. The van der Waals surface area contributed by atoms with E-state index in [1.807, 2.05) is 26.0 Å². The SMILES string of the molecule is COc1ccc([C@H](CC(=O)OCC(C)C)NCCN(C)CCCc2ccc3c(n2)NCCC32CC2)cn1. The van der Waals surface area contributed by atoms with E-state index in [0.717, 1.165) is 50.4 Å². The first-order valence-electron chi connectivity index (χ1n) is 13.7. The van der Waals surface area contributed by atoms with Crippen molar-refractivity contribution >= 4 is 11.8 Å². The number of aryl methyl sites for hydroxylation is 1. The second-order valence-corrected chi connectivity index (χ2v) is 11.0. The maximum atomic E-state index is 12.4. The maximum Gasteiger partial charge on any atom is 0.307 e. The fourth-order valence-electron chi connectivity index (χ4n) is 5.01. The minimum atomic E-state index is -0.199. The number of nitrogens with one attached hydrogen (secondary N) is 2. The molecule has 0 radical (unpaired) electrons. The molecule has 1 atom stereocenters. The topological polar surface area (TPSA) is 88.6 Å². The Morgan fingerprint density at radius 2 is 2.03 bits per heavy atom. The summed E-state index contributed by atoms with van der Waals surface area (Å²) in [6.45, 7) is 8.18. The minimum absolute atomic E-state index is 0.159. The summed E-state index contributed by atoms with van der Waals surface area (Å²) >= 11 is 0. The molecule has 2 N–H and O–H groups in total. The number of anilines is 1. The van der Waals surface area contributed by atoms with Crippen molar-refractivity contribution in [1.29, 1.82) is 0 Å². The van der Waals surface area contributed by atoms with Gasteiger partial charge in [0.15, 0.2) is 0 Å². The third-order valence-electron chi connectivity index (χ3n) is 7.45. The molecule has 8 nitrogen and oxygen atoms in total. The summed E-state index contributed by atoms with van der Waals surface area (Å²) in [4.78, 5) is 24.0. The zero-order valence-electron chi connectivity index (χ0n) is 22.9. The lowest BCUT2D eigenvalue weighted by Crippen LogP contribution is -2.33. The lowest BCUT2D eigenvalue weighted by molar-refractivity contribution is -0.145. The molecule has 1 spiro atoms. The predicted molar refractivity (Wildman–Crippen MR) is 146 cm³/mol. The van der Waals surface area contributed by atoms with Crippen LogP contribution in [0.15, 0.2) is 30.5 Å². The number of methoxy groups -OCH3 is 1. The van der Waals surface area contributed by atoms with E-state index in [1.54, 1.807) is 13.3 Å². The van der Waals surface area contributed by atoms with Gasteiger partial charge >= 0.3 is 5.97 Å². The lowest BCUT2D eigenvalue weighted by Gasteiger charge is -2.26. The smallest absolute Gasteiger partial charge is 0.307 e. The first kappa shape index (κ1) is 27.3. The largest absolute Gasteiger partial charge is 0.481 e. The highest BCUT2D eigenvalue weighted by atomic mass is 16.5. The molecule has 4 rings (SSSR count). The molecule has 202 valence electrons. The van der Waals surface area contributed by atoms with Gasteiger partial charge in [0.05, 0.1) is 20.1 Å². The first-order valence-corrected chi connectivity index (χ1v) is 13.7. The first-order chi connectivity index (χ1) is 17.9. The van der Waals surface area contributed by atoms with Crippen LogP contribution in [0.5, 0.6) is 5.88 Å². The highest BCUT2D eigenvalue weighted by Crippen LogP contribution is 2.54. The predicted octanol–water partition coefficient (Wildman–Crippen LogP) is 4.12. The Balaban J connectivity index is 1.22. The molecule has 2 aromatic rings. The summed E-state index contributed by atoms with van der Waals surface area (Å²) in [5.74, 6) is 1.79. The summed E-state index contributed by atoms with van der Waals surface area (Å²) < 4.78 is 10.6. The number of aromatic nitrogens is 2. The van der Waals surface area contributed by atoms with Crippen LogP contribution in [0.25, 0.3) is 0 Å². The van der Waals surface area contributed by atoms with Crippen molar-refractivity contribution in [2.24, 2.45) is 5.92 Å². The van der Waals surface area contributed by atoms with Gasteiger partial charge in [-0.1, -0.05) is 26.0 Å². The van der Waals surface area contributed by atoms with Crippen molar-refractivity contribution < 1.29 is 14.3 Å². The van der Waals surface area contributed by atoms with Gasteiger partial charge in [-0.05, 0) is 63.2 Å². The third kappa shape index (κ3) is 7.65. The molecular weight excluding hydrogens is 466 g/mol. The number of pyridine rings is 2. The van der Waals surface area contributed by atoms with E-state index in [4.69, 9.17) is 14.5 Å². The summed E-state index contributed by atoms with van der Waals surface area (Å²) in [7, 11) is 3.74. The van der Waals surface area contributed by atoms with Crippen LogP contribution in [0.3, 0.4) is 0 Å². The van der Waals surface area contributed by atoms with E-state index in [1.165, 1.54) is 30.5 Å². The average Bonchev–Trinajstić information content (AvgIpc) is 3.66. The van der Waals surface area contributed by atoms with Crippen LogP contribution in [0, 0.1) is 5.92 Å². The van der Waals surface area contributed by atoms with Crippen LogP contribution in [-0.2, 0) is 21.4 Å². The Hall–Kier alpha value is -2.71. The normalized spacial score (nSPS) is 16.4. The minimum Gasteiger partial charge on any atom is -0.481 e. The molecule has 1 aliphatic carbocycles. The van der Waals surface area contributed by atoms with E-state index in [2.05, 4.69) is 39.7 Å². The Bertz CT molecular complexity index is 1020. The molecule has 1 fully saturated rings. The van der Waals surface area contributed by atoms with Crippen LogP contribution >= 0.6 is 0 Å². The van der Waals surface area contributed by atoms with Gasteiger partial charge in [0.25, 0.3) is 0 Å². The van der Waals surface area contributed by atoms with Crippen LogP contribution in [0.4, 0.5) is 5.82 Å². The van der Waals surface area contributed by atoms with Crippen molar-refractivity contribution in [3.05, 3.63) is 47.3 Å². The lowest BCUT2D eigenvalue weighted by atomic mass is 9.90. The summed E-state index contributed by atoms with van der Waals surface area (Å²) in [6, 6.07) is 8.15.